The summed E-state index contributed by atoms with van der Waals surface area (Å²) in [5.74, 6) is 0.151. The van der Waals surface area contributed by atoms with Gasteiger partial charge in [0, 0.05) is 11.6 Å². The summed E-state index contributed by atoms with van der Waals surface area (Å²) in [6.07, 6.45) is 1.84. The molecule has 0 radical (unpaired) electrons. The highest BCUT2D eigenvalue weighted by molar-refractivity contribution is 9.10. The second kappa shape index (κ2) is 6.59. The molecule has 0 heterocycles. The highest BCUT2D eigenvalue weighted by Crippen LogP contribution is 2.37. The first-order valence-corrected chi connectivity index (χ1v) is 5.67. The zero-order valence-corrected chi connectivity index (χ0v) is 11.5. The van der Waals surface area contributed by atoms with Gasteiger partial charge in [-0.15, -0.1) is 12.4 Å². The van der Waals surface area contributed by atoms with E-state index >= 15 is 0 Å². The molecule has 1 aromatic rings. The van der Waals surface area contributed by atoms with Crippen molar-refractivity contribution in [1.82, 2.24) is 0 Å². The van der Waals surface area contributed by atoms with Crippen LogP contribution >= 0.6 is 39.9 Å². The van der Waals surface area contributed by atoms with Gasteiger partial charge >= 0.3 is 0 Å². The molecule has 15 heavy (non-hydrogen) atoms. The first-order chi connectivity index (χ1) is 6.57. The van der Waals surface area contributed by atoms with Crippen molar-refractivity contribution in [3.05, 3.63) is 27.2 Å². The highest BCUT2D eigenvalue weighted by atomic mass is 79.9. The topological polar surface area (TPSA) is 46.2 Å². The lowest BCUT2D eigenvalue weighted by Gasteiger charge is -2.14. The summed E-state index contributed by atoms with van der Waals surface area (Å²) in [4.78, 5) is 0. The molecule has 3 N–H and O–H groups in total. The van der Waals surface area contributed by atoms with E-state index in [1.165, 1.54) is 0 Å². The van der Waals surface area contributed by atoms with E-state index in [1.54, 1.807) is 12.1 Å². The molecule has 1 aromatic carbocycles. The molecule has 86 valence electrons. The van der Waals surface area contributed by atoms with Crippen LogP contribution in [-0.2, 0) is 0 Å². The minimum Gasteiger partial charge on any atom is -0.506 e. The summed E-state index contributed by atoms with van der Waals surface area (Å²) >= 11 is 9.03. The number of phenolic OH excluding ortho intramolecular Hbond substituents is 1. The monoisotopic (exact) mass is 313 g/mol. The lowest BCUT2D eigenvalue weighted by Crippen LogP contribution is -2.09. The zero-order valence-electron chi connectivity index (χ0n) is 8.34. The SMILES string of the molecule is CCC[C@@H](N)c1ccc(Cl)c(Br)c1O.Cl. The van der Waals surface area contributed by atoms with Crippen LogP contribution < -0.4 is 5.73 Å². The van der Waals surface area contributed by atoms with Crippen molar-refractivity contribution in [3.63, 3.8) is 0 Å². The van der Waals surface area contributed by atoms with E-state index in [-0.39, 0.29) is 24.2 Å². The maximum absolute atomic E-state index is 9.76. The van der Waals surface area contributed by atoms with Crippen molar-refractivity contribution in [2.24, 2.45) is 5.73 Å². The fourth-order valence-corrected chi connectivity index (χ4v) is 1.83. The lowest BCUT2D eigenvalue weighted by atomic mass is 10.0. The van der Waals surface area contributed by atoms with Crippen LogP contribution in [0.1, 0.15) is 31.4 Å². The molecule has 0 bridgehead atoms. The Kier molecular flexibility index (Phi) is 6.60. The van der Waals surface area contributed by atoms with E-state index in [0.717, 1.165) is 18.4 Å². The summed E-state index contributed by atoms with van der Waals surface area (Å²) in [5.41, 5.74) is 6.64. The van der Waals surface area contributed by atoms with Gasteiger partial charge in [0.25, 0.3) is 0 Å². The molecule has 0 fully saturated rings. The van der Waals surface area contributed by atoms with Crippen molar-refractivity contribution in [3.8, 4) is 5.75 Å². The number of benzene rings is 1. The van der Waals surface area contributed by atoms with Crippen molar-refractivity contribution in [2.75, 3.05) is 0 Å². The fourth-order valence-electron chi connectivity index (χ4n) is 1.32. The summed E-state index contributed by atoms with van der Waals surface area (Å²) in [6, 6.07) is 3.37. The van der Waals surface area contributed by atoms with E-state index < -0.39 is 0 Å². The Morgan fingerprint density at radius 1 is 1.53 bits per heavy atom. The van der Waals surface area contributed by atoms with Crippen LogP contribution in [0, 0.1) is 0 Å². The molecule has 0 saturated heterocycles. The fraction of sp³-hybridized carbons (Fsp3) is 0.400. The normalized spacial score (nSPS) is 12.0. The third-order valence-electron chi connectivity index (χ3n) is 2.10. The number of phenols is 1. The van der Waals surface area contributed by atoms with E-state index in [1.807, 2.05) is 0 Å². The van der Waals surface area contributed by atoms with Crippen molar-refractivity contribution >= 4 is 39.9 Å². The largest absolute Gasteiger partial charge is 0.506 e. The van der Waals surface area contributed by atoms with Gasteiger partial charge in [0.2, 0.25) is 0 Å². The van der Waals surface area contributed by atoms with Gasteiger partial charge in [-0.2, -0.15) is 0 Å². The van der Waals surface area contributed by atoms with Crippen LogP contribution in [-0.4, -0.2) is 5.11 Å². The van der Waals surface area contributed by atoms with Gasteiger partial charge in [-0.3, -0.25) is 0 Å². The first-order valence-electron chi connectivity index (χ1n) is 4.50. The molecule has 0 amide bonds. The Labute approximate surface area is 109 Å². The molecule has 0 aliphatic rings. The Bertz CT molecular complexity index is 333. The van der Waals surface area contributed by atoms with Crippen LogP contribution in [0.25, 0.3) is 0 Å². The predicted molar refractivity (Wildman–Crippen MR) is 69.9 cm³/mol. The molecule has 1 atom stereocenters. The van der Waals surface area contributed by atoms with Gasteiger partial charge in [-0.1, -0.05) is 31.0 Å². The van der Waals surface area contributed by atoms with Crippen LogP contribution in [0.5, 0.6) is 5.75 Å². The molecule has 0 aliphatic heterocycles. The van der Waals surface area contributed by atoms with Crippen molar-refractivity contribution < 1.29 is 5.11 Å². The van der Waals surface area contributed by atoms with E-state index in [2.05, 4.69) is 22.9 Å². The Balaban J connectivity index is 0.00000196. The molecule has 2 nitrogen and oxygen atoms in total. The number of nitrogens with two attached hydrogens (primary N) is 1. The number of rotatable bonds is 3. The first kappa shape index (κ1) is 15.0. The van der Waals surface area contributed by atoms with Gasteiger partial charge in [-0.25, -0.2) is 0 Å². The van der Waals surface area contributed by atoms with Gasteiger partial charge in [0.1, 0.15) is 5.75 Å². The molecule has 0 aromatic heterocycles. The van der Waals surface area contributed by atoms with E-state index in [9.17, 15) is 5.11 Å². The number of hydrogen-bond donors (Lipinski definition) is 2. The smallest absolute Gasteiger partial charge is 0.136 e. The molecule has 0 spiro atoms. The zero-order chi connectivity index (χ0) is 10.7. The Hall–Kier alpha value is 0.0400. The minimum atomic E-state index is -0.131. The highest BCUT2D eigenvalue weighted by Gasteiger charge is 2.14. The van der Waals surface area contributed by atoms with Crippen LogP contribution in [0.15, 0.2) is 16.6 Å². The number of aromatic hydroxyl groups is 1. The summed E-state index contributed by atoms with van der Waals surface area (Å²) < 4.78 is 0.517. The Morgan fingerprint density at radius 3 is 2.67 bits per heavy atom. The maximum Gasteiger partial charge on any atom is 0.136 e. The van der Waals surface area contributed by atoms with E-state index in [4.69, 9.17) is 17.3 Å². The second-order valence-electron chi connectivity index (χ2n) is 3.19. The minimum absolute atomic E-state index is 0. The summed E-state index contributed by atoms with van der Waals surface area (Å²) in [5, 5.41) is 10.3. The molecule has 0 unspecified atom stereocenters. The average molecular weight is 315 g/mol. The molecule has 1 rings (SSSR count). The average Bonchev–Trinajstić information content (AvgIpc) is 2.15. The van der Waals surface area contributed by atoms with Crippen molar-refractivity contribution in [1.29, 1.82) is 0 Å². The molecular weight excluding hydrogens is 301 g/mol. The molecule has 0 saturated carbocycles. The Morgan fingerprint density at radius 2 is 2.13 bits per heavy atom. The molecule has 5 heteroatoms. The molecular formula is C10H14BrCl2NO. The van der Waals surface area contributed by atoms with Gasteiger partial charge in [-0.05, 0) is 28.4 Å². The number of hydrogen-bond acceptors (Lipinski definition) is 2. The van der Waals surface area contributed by atoms with Gasteiger partial charge < -0.3 is 10.8 Å². The van der Waals surface area contributed by atoms with Gasteiger partial charge in [0.15, 0.2) is 0 Å². The summed E-state index contributed by atoms with van der Waals surface area (Å²) in [7, 11) is 0. The predicted octanol–water partition coefficient (Wildman–Crippen LogP) is 4.03. The van der Waals surface area contributed by atoms with Crippen LogP contribution in [0.3, 0.4) is 0 Å². The standard InChI is InChI=1S/C10H13BrClNO.ClH/c1-2-3-8(13)6-4-5-7(12)9(11)10(6)14;/h4-5,8,14H,2-3,13H2,1H3;1H/t8-;/m1./s1. The van der Waals surface area contributed by atoms with Gasteiger partial charge in [0.05, 0.1) is 9.50 Å². The second-order valence-corrected chi connectivity index (χ2v) is 4.39. The lowest BCUT2D eigenvalue weighted by molar-refractivity contribution is 0.455. The quantitative estimate of drug-likeness (QED) is 0.884. The third kappa shape index (κ3) is 3.52. The van der Waals surface area contributed by atoms with E-state index in [0.29, 0.717) is 9.50 Å². The van der Waals surface area contributed by atoms with Crippen LogP contribution in [0.2, 0.25) is 5.02 Å². The van der Waals surface area contributed by atoms with Crippen molar-refractivity contribution in [2.45, 2.75) is 25.8 Å². The number of halogens is 3. The maximum atomic E-state index is 9.76. The third-order valence-corrected chi connectivity index (χ3v) is 3.45. The summed E-state index contributed by atoms with van der Waals surface area (Å²) in [6.45, 7) is 2.06. The molecule has 0 aliphatic carbocycles. The van der Waals surface area contributed by atoms with Crippen LogP contribution in [0.4, 0.5) is 0 Å².